The van der Waals surface area contributed by atoms with Crippen molar-refractivity contribution < 1.29 is 4.74 Å². The first-order valence-corrected chi connectivity index (χ1v) is 7.62. The van der Waals surface area contributed by atoms with Gasteiger partial charge in [-0.3, -0.25) is 0 Å². The predicted molar refractivity (Wildman–Crippen MR) is 83.4 cm³/mol. The van der Waals surface area contributed by atoms with Crippen LogP contribution in [-0.4, -0.2) is 29.2 Å². The molecule has 1 heterocycles. The van der Waals surface area contributed by atoms with Gasteiger partial charge in [0, 0.05) is 25.6 Å². The lowest BCUT2D eigenvalue weighted by Crippen LogP contribution is -2.18. The molecule has 0 saturated heterocycles. The molecule has 0 amide bonds. The Morgan fingerprint density at radius 2 is 2.10 bits per heavy atom. The van der Waals surface area contributed by atoms with Crippen LogP contribution in [0.2, 0.25) is 0 Å². The minimum absolute atomic E-state index is 0.689. The van der Waals surface area contributed by atoms with Gasteiger partial charge in [-0.1, -0.05) is 13.8 Å². The number of benzene rings is 1. The Morgan fingerprint density at radius 1 is 1.25 bits per heavy atom. The van der Waals surface area contributed by atoms with Crippen LogP contribution in [0.1, 0.15) is 33.0 Å². The maximum absolute atomic E-state index is 5.56. The molecule has 0 aliphatic carbocycles. The molecule has 2 rings (SSSR count). The summed E-state index contributed by atoms with van der Waals surface area (Å²) in [6, 6.07) is 6.20. The molecular formula is C16H25N3O. The summed E-state index contributed by atoms with van der Waals surface area (Å²) >= 11 is 0. The number of fused-ring (bicyclic) bond motifs is 1. The Kier molecular flexibility index (Phi) is 5.41. The molecule has 1 aromatic carbocycles. The van der Waals surface area contributed by atoms with E-state index in [1.54, 1.807) is 0 Å². The molecule has 0 fully saturated rings. The highest BCUT2D eigenvalue weighted by Crippen LogP contribution is 2.22. The first-order valence-electron chi connectivity index (χ1n) is 7.62. The van der Waals surface area contributed by atoms with Crippen molar-refractivity contribution in [1.82, 2.24) is 14.9 Å². The van der Waals surface area contributed by atoms with Crippen molar-refractivity contribution >= 4 is 11.0 Å². The van der Waals surface area contributed by atoms with E-state index in [0.717, 1.165) is 49.6 Å². The molecule has 0 atom stereocenters. The molecule has 0 saturated carbocycles. The van der Waals surface area contributed by atoms with Gasteiger partial charge in [0.2, 0.25) is 0 Å². The number of aryl methyl sites for hydroxylation is 1. The first kappa shape index (κ1) is 14.9. The Labute approximate surface area is 121 Å². The molecule has 0 bridgehead atoms. The number of nitrogens with zero attached hydrogens (tertiary/aromatic N) is 2. The molecule has 4 nitrogen and oxygen atoms in total. The highest BCUT2D eigenvalue weighted by Gasteiger charge is 2.10. The maximum Gasteiger partial charge on any atom is 0.121 e. The predicted octanol–water partition coefficient (Wildman–Crippen LogP) is 3.00. The third-order valence-electron chi connectivity index (χ3n) is 3.33. The summed E-state index contributed by atoms with van der Waals surface area (Å²) in [7, 11) is 0. The van der Waals surface area contributed by atoms with E-state index in [9.17, 15) is 0 Å². The number of imidazole rings is 1. The first-order chi connectivity index (χ1) is 9.80. The third-order valence-corrected chi connectivity index (χ3v) is 3.33. The van der Waals surface area contributed by atoms with E-state index in [1.165, 1.54) is 5.52 Å². The Morgan fingerprint density at radius 3 is 2.80 bits per heavy atom. The van der Waals surface area contributed by atoms with Gasteiger partial charge >= 0.3 is 0 Å². The minimum atomic E-state index is 0.689. The molecular weight excluding hydrogens is 250 g/mol. The molecule has 1 N–H and O–H groups in total. The van der Waals surface area contributed by atoms with Crippen LogP contribution in [0.25, 0.3) is 11.0 Å². The number of likely N-dealkylation sites (N-methyl/N-ethyl adjacent to an activating group) is 1. The van der Waals surface area contributed by atoms with E-state index >= 15 is 0 Å². The molecule has 4 heteroatoms. The minimum Gasteiger partial charge on any atom is -0.494 e. The second-order valence-corrected chi connectivity index (χ2v) is 4.87. The summed E-state index contributed by atoms with van der Waals surface area (Å²) in [5, 5.41) is 3.36. The quantitative estimate of drug-likeness (QED) is 0.753. The van der Waals surface area contributed by atoms with Gasteiger partial charge in [0.25, 0.3) is 0 Å². The van der Waals surface area contributed by atoms with Gasteiger partial charge in [-0.2, -0.15) is 0 Å². The Bertz CT molecular complexity index is 548. The van der Waals surface area contributed by atoms with Crippen LogP contribution in [0.4, 0.5) is 0 Å². The highest BCUT2D eigenvalue weighted by molar-refractivity contribution is 5.77. The summed E-state index contributed by atoms with van der Waals surface area (Å²) in [5.41, 5.74) is 2.25. The highest BCUT2D eigenvalue weighted by atomic mass is 16.5. The van der Waals surface area contributed by atoms with Crippen LogP contribution in [0, 0.1) is 0 Å². The van der Waals surface area contributed by atoms with Crippen molar-refractivity contribution in [3.05, 3.63) is 24.0 Å². The average Bonchev–Trinajstić information content (AvgIpc) is 2.78. The number of hydrogen-bond acceptors (Lipinski definition) is 3. The summed E-state index contributed by atoms with van der Waals surface area (Å²) in [5.74, 6) is 2.07. The van der Waals surface area contributed by atoms with Crippen LogP contribution >= 0.6 is 0 Å². The van der Waals surface area contributed by atoms with Gasteiger partial charge in [-0.15, -0.1) is 0 Å². The fourth-order valence-corrected chi connectivity index (χ4v) is 2.46. The molecule has 2 aromatic rings. The second kappa shape index (κ2) is 7.29. The fraction of sp³-hybridized carbons (Fsp3) is 0.562. The molecule has 0 radical (unpaired) electrons. The van der Waals surface area contributed by atoms with E-state index in [2.05, 4.69) is 29.8 Å². The topological polar surface area (TPSA) is 39.1 Å². The lowest BCUT2D eigenvalue weighted by Gasteiger charge is -2.08. The van der Waals surface area contributed by atoms with Gasteiger partial charge in [-0.05, 0) is 32.0 Å². The normalized spacial score (nSPS) is 11.2. The van der Waals surface area contributed by atoms with Crippen molar-refractivity contribution in [2.45, 2.75) is 40.2 Å². The van der Waals surface area contributed by atoms with Gasteiger partial charge in [0.1, 0.15) is 11.6 Å². The zero-order valence-corrected chi connectivity index (χ0v) is 12.8. The smallest absolute Gasteiger partial charge is 0.121 e. The van der Waals surface area contributed by atoms with Gasteiger partial charge in [0.15, 0.2) is 0 Å². The van der Waals surface area contributed by atoms with Crippen molar-refractivity contribution in [1.29, 1.82) is 0 Å². The zero-order chi connectivity index (χ0) is 14.4. The molecule has 0 spiro atoms. The molecule has 0 unspecified atom stereocenters. The lowest BCUT2D eigenvalue weighted by molar-refractivity contribution is 0.340. The standard InChI is InChI=1S/C16H25N3O/c1-4-11-19-15-8-7-13(20-6-3)12-14(15)18-16(19)9-10-17-5-2/h7-8,12,17H,4-6,9-11H2,1-3H3. The summed E-state index contributed by atoms with van der Waals surface area (Å²) in [6.45, 7) is 10.0. The average molecular weight is 275 g/mol. The fourth-order valence-electron chi connectivity index (χ4n) is 2.46. The summed E-state index contributed by atoms with van der Waals surface area (Å²) in [4.78, 5) is 4.79. The van der Waals surface area contributed by atoms with Crippen molar-refractivity contribution in [3.63, 3.8) is 0 Å². The summed E-state index contributed by atoms with van der Waals surface area (Å²) in [6.07, 6.45) is 2.08. The van der Waals surface area contributed by atoms with Gasteiger partial charge in [-0.25, -0.2) is 4.98 Å². The number of ether oxygens (including phenoxy) is 1. The van der Waals surface area contributed by atoms with Gasteiger partial charge in [0.05, 0.1) is 17.6 Å². The number of nitrogens with one attached hydrogen (secondary N) is 1. The van der Waals surface area contributed by atoms with Crippen LogP contribution in [0.3, 0.4) is 0 Å². The van der Waals surface area contributed by atoms with E-state index < -0.39 is 0 Å². The lowest BCUT2D eigenvalue weighted by atomic mass is 10.3. The summed E-state index contributed by atoms with van der Waals surface area (Å²) < 4.78 is 7.90. The SMILES string of the molecule is CCCn1c(CCNCC)nc2cc(OCC)ccc21. The van der Waals surface area contributed by atoms with E-state index in [1.807, 2.05) is 19.1 Å². The van der Waals surface area contributed by atoms with E-state index in [-0.39, 0.29) is 0 Å². The Balaban J connectivity index is 2.31. The Hall–Kier alpha value is -1.55. The van der Waals surface area contributed by atoms with Crippen molar-refractivity contribution in [2.75, 3.05) is 19.7 Å². The zero-order valence-electron chi connectivity index (χ0n) is 12.8. The maximum atomic E-state index is 5.56. The van der Waals surface area contributed by atoms with Crippen LogP contribution in [0.15, 0.2) is 18.2 Å². The second-order valence-electron chi connectivity index (χ2n) is 4.87. The molecule has 20 heavy (non-hydrogen) atoms. The third kappa shape index (κ3) is 3.31. The van der Waals surface area contributed by atoms with Crippen molar-refractivity contribution in [2.24, 2.45) is 0 Å². The van der Waals surface area contributed by atoms with E-state index in [4.69, 9.17) is 9.72 Å². The molecule has 110 valence electrons. The van der Waals surface area contributed by atoms with E-state index in [0.29, 0.717) is 6.61 Å². The van der Waals surface area contributed by atoms with Crippen LogP contribution in [0.5, 0.6) is 5.75 Å². The number of rotatable bonds is 8. The van der Waals surface area contributed by atoms with Crippen LogP contribution in [-0.2, 0) is 13.0 Å². The number of hydrogen-bond donors (Lipinski definition) is 1. The molecule has 0 aliphatic heterocycles. The largest absolute Gasteiger partial charge is 0.494 e. The molecule has 1 aromatic heterocycles. The van der Waals surface area contributed by atoms with Crippen molar-refractivity contribution in [3.8, 4) is 5.75 Å². The van der Waals surface area contributed by atoms with Crippen LogP contribution < -0.4 is 10.1 Å². The van der Waals surface area contributed by atoms with Gasteiger partial charge < -0.3 is 14.6 Å². The number of aromatic nitrogens is 2. The molecule has 0 aliphatic rings. The monoisotopic (exact) mass is 275 g/mol.